The second kappa shape index (κ2) is 4.54. The summed E-state index contributed by atoms with van der Waals surface area (Å²) in [4.78, 5) is 0. The molecule has 1 N–H and O–H groups in total. The smallest absolute Gasteiger partial charge is 0.195 e. The summed E-state index contributed by atoms with van der Waals surface area (Å²) in [6.45, 7) is 0. The lowest BCUT2D eigenvalue weighted by Gasteiger charge is -1.94. The molecule has 0 unspecified atom stereocenters. The number of hydrogen-bond acceptors (Lipinski definition) is 5. The van der Waals surface area contributed by atoms with E-state index in [0.29, 0.717) is 11.5 Å². The monoisotopic (exact) mass is 255 g/mol. The van der Waals surface area contributed by atoms with Gasteiger partial charge in [0.05, 0.1) is 4.70 Å². The number of phenolic OH excluding ortho intramolecular Hbond substituents is 1. The van der Waals surface area contributed by atoms with Crippen LogP contribution in [0.1, 0.15) is 0 Å². The maximum absolute atomic E-state index is 9.58. The van der Waals surface area contributed by atoms with Crippen LogP contribution < -0.4 is 0 Å². The third kappa shape index (κ3) is 1.96. The largest absolute Gasteiger partial charge is 0.506 e. The molecular weight excluding hydrogens is 246 g/mol. The lowest BCUT2D eigenvalue weighted by molar-refractivity contribution is 0.476. The highest BCUT2D eigenvalue weighted by molar-refractivity contribution is 7.13. The van der Waals surface area contributed by atoms with Crippen molar-refractivity contribution in [1.29, 1.82) is 0 Å². The Balaban J connectivity index is 2.00. The highest BCUT2D eigenvalue weighted by Crippen LogP contribution is 2.31. The first kappa shape index (κ1) is 10.9. The Bertz CT molecular complexity index is 721. The number of fused-ring (bicyclic) bond motifs is 1. The molecule has 0 saturated carbocycles. The molecule has 0 amide bonds. The summed E-state index contributed by atoms with van der Waals surface area (Å²) in [5.41, 5.74) is 0.439. The van der Waals surface area contributed by atoms with Crippen molar-refractivity contribution in [3.05, 3.63) is 48.5 Å². The van der Waals surface area contributed by atoms with Gasteiger partial charge in [0, 0.05) is 5.39 Å². The third-order valence-corrected chi connectivity index (χ3v) is 3.31. The van der Waals surface area contributed by atoms with E-state index in [-0.39, 0.29) is 5.75 Å². The fraction of sp³-hybridized carbons (Fsp3) is 0. The van der Waals surface area contributed by atoms with Crippen molar-refractivity contribution in [2.45, 2.75) is 0 Å². The molecule has 0 bridgehead atoms. The fourth-order valence-corrected chi connectivity index (χ4v) is 2.31. The molecule has 3 rings (SSSR count). The van der Waals surface area contributed by atoms with E-state index in [4.69, 9.17) is 0 Å². The second-order valence-corrected chi connectivity index (χ2v) is 4.50. The van der Waals surface area contributed by atoms with Crippen LogP contribution in [0.5, 0.6) is 5.75 Å². The number of aromatic hydroxyl groups is 1. The van der Waals surface area contributed by atoms with Gasteiger partial charge in [-0.3, -0.25) is 0 Å². The summed E-state index contributed by atoms with van der Waals surface area (Å²) in [6, 6.07) is 14.7. The summed E-state index contributed by atoms with van der Waals surface area (Å²) in [5, 5.41) is 18.7. The number of benzene rings is 2. The zero-order valence-electron chi connectivity index (χ0n) is 9.32. The molecule has 0 atom stereocenters. The molecule has 88 valence electrons. The lowest BCUT2D eigenvalue weighted by Crippen LogP contribution is -1.67. The molecule has 1 aromatic heterocycles. The van der Waals surface area contributed by atoms with Crippen LogP contribution in [0.3, 0.4) is 0 Å². The SMILES string of the molecule is Oc1ccccc1N=Nc1nsc2ccccc12. The highest BCUT2D eigenvalue weighted by atomic mass is 32.1. The van der Waals surface area contributed by atoms with Gasteiger partial charge in [-0.15, -0.1) is 10.2 Å². The number of phenols is 1. The molecule has 0 aliphatic carbocycles. The van der Waals surface area contributed by atoms with Crippen LogP contribution in [0.4, 0.5) is 11.5 Å². The molecular formula is C13H9N3OS. The van der Waals surface area contributed by atoms with E-state index >= 15 is 0 Å². The summed E-state index contributed by atoms with van der Waals surface area (Å²) in [5.74, 6) is 0.694. The van der Waals surface area contributed by atoms with Gasteiger partial charge in [0.15, 0.2) is 5.82 Å². The maximum Gasteiger partial charge on any atom is 0.195 e. The van der Waals surface area contributed by atoms with E-state index in [9.17, 15) is 5.11 Å². The lowest BCUT2D eigenvalue weighted by atomic mass is 10.3. The molecule has 0 aliphatic rings. The summed E-state index contributed by atoms with van der Waals surface area (Å²) >= 11 is 1.39. The van der Waals surface area contributed by atoms with Crippen LogP contribution in [-0.2, 0) is 0 Å². The number of nitrogens with zero attached hydrogens (tertiary/aromatic N) is 3. The molecule has 0 fully saturated rings. The van der Waals surface area contributed by atoms with Gasteiger partial charge in [0.2, 0.25) is 0 Å². The topological polar surface area (TPSA) is 57.8 Å². The van der Waals surface area contributed by atoms with Crippen molar-refractivity contribution >= 4 is 33.1 Å². The number of azo groups is 1. The third-order valence-electron chi connectivity index (χ3n) is 2.49. The predicted octanol–water partition coefficient (Wildman–Crippen LogP) is 4.42. The van der Waals surface area contributed by atoms with Crippen LogP contribution in [-0.4, -0.2) is 9.48 Å². The van der Waals surface area contributed by atoms with Crippen molar-refractivity contribution in [3.63, 3.8) is 0 Å². The van der Waals surface area contributed by atoms with Gasteiger partial charge in [0.1, 0.15) is 11.4 Å². The quantitative estimate of drug-likeness (QED) is 0.689. The standard InChI is InChI=1S/C13H9N3OS/c17-11-7-3-2-6-10(11)14-15-13-9-5-1-4-8-12(9)18-16-13/h1-8,17H. The van der Waals surface area contributed by atoms with Crippen LogP contribution in [0, 0.1) is 0 Å². The van der Waals surface area contributed by atoms with Crippen molar-refractivity contribution < 1.29 is 5.11 Å². The van der Waals surface area contributed by atoms with Crippen LogP contribution in [0.2, 0.25) is 0 Å². The van der Waals surface area contributed by atoms with Crippen LogP contribution in [0.15, 0.2) is 58.8 Å². The normalized spacial score (nSPS) is 11.3. The minimum absolute atomic E-state index is 0.112. The Morgan fingerprint density at radius 2 is 1.72 bits per heavy atom. The Kier molecular flexibility index (Phi) is 2.74. The van der Waals surface area contributed by atoms with E-state index in [1.165, 1.54) is 11.5 Å². The zero-order valence-corrected chi connectivity index (χ0v) is 10.1. The molecule has 5 heteroatoms. The number of hydrogen-bond donors (Lipinski definition) is 1. The fourth-order valence-electron chi connectivity index (χ4n) is 1.59. The molecule has 1 heterocycles. The van der Waals surface area contributed by atoms with E-state index in [2.05, 4.69) is 14.6 Å². The van der Waals surface area contributed by atoms with E-state index in [1.54, 1.807) is 24.3 Å². The number of aromatic nitrogens is 1. The van der Waals surface area contributed by atoms with Crippen LogP contribution >= 0.6 is 11.5 Å². The first-order chi connectivity index (χ1) is 8.84. The Labute approximate surface area is 107 Å². The average molecular weight is 255 g/mol. The molecule has 18 heavy (non-hydrogen) atoms. The Hall–Kier alpha value is -2.27. The summed E-state index contributed by atoms with van der Waals surface area (Å²) < 4.78 is 5.31. The van der Waals surface area contributed by atoms with Gasteiger partial charge >= 0.3 is 0 Å². The average Bonchev–Trinajstić information content (AvgIpc) is 2.81. The number of rotatable bonds is 2. The summed E-state index contributed by atoms with van der Waals surface area (Å²) in [7, 11) is 0. The van der Waals surface area contributed by atoms with Gasteiger partial charge in [-0.2, -0.15) is 4.37 Å². The van der Waals surface area contributed by atoms with Gasteiger partial charge in [-0.25, -0.2) is 0 Å². The maximum atomic E-state index is 9.58. The van der Waals surface area contributed by atoms with Crippen molar-refractivity contribution in [1.82, 2.24) is 4.37 Å². The number of para-hydroxylation sites is 1. The minimum atomic E-state index is 0.112. The first-order valence-corrected chi connectivity index (χ1v) is 6.16. The minimum Gasteiger partial charge on any atom is -0.506 e. The molecule has 3 aromatic rings. The van der Waals surface area contributed by atoms with Gasteiger partial charge < -0.3 is 5.11 Å². The van der Waals surface area contributed by atoms with E-state index < -0.39 is 0 Å². The van der Waals surface area contributed by atoms with E-state index in [1.807, 2.05) is 24.3 Å². The summed E-state index contributed by atoms with van der Waals surface area (Å²) in [6.07, 6.45) is 0. The zero-order chi connectivity index (χ0) is 12.4. The Morgan fingerprint density at radius 1 is 0.944 bits per heavy atom. The molecule has 0 spiro atoms. The molecule has 0 radical (unpaired) electrons. The molecule has 0 aliphatic heterocycles. The van der Waals surface area contributed by atoms with E-state index in [0.717, 1.165) is 10.1 Å². The Morgan fingerprint density at radius 3 is 2.61 bits per heavy atom. The van der Waals surface area contributed by atoms with Crippen molar-refractivity contribution in [2.75, 3.05) is 0 Å². The molecule has 2 aromatic carbocycles. The van der Waals surface area contributed by atoms with Crippen molar-refractivity contribution in [2.24, 2.45) is 10.2 Å². The first-order valence-electron chi connectivity index (χ1n) is 5.39. The highest BCUT2D eigenvalue weighted by Gasteiger charge is 2.04. The van der Waals surface area contributed by atoms with Gasteiger partial charge in [0.25, 0.3) is 0 Å². The molecule has 4 nitrogen and oxygen atoms in total. The van der Waals surface area contributed by atoms with Crippen molar-refractivity contribution in [3.8, 4) is 5.75 Å². The van der Waals surface area contributed by atoms with Gasteiger partial charge in [-0.1, -0.05) is 24.3 Å². The predicted molar refractivity (Wildman–Crippen MR) is 71.9 cm³/mol. The second-order valence-electron chi connectivity index (χ2n) is 3.69. The van der Waals surface area contributed by atoms with Gasteiger partial charge in [-0.05, 0) is 35.8 Å². The van der Waals surface area contributed by atoms with Crippen LogP contribution in [0.25, 0.3) is 10.1 Å². The molecule has 0 saturated heterocycles.